The molecule has 3 nitrogen and oxygen atoms in total. The van der Waals surface area contributed by atoms with Crippen LogP contribution in [0.2, 0.25) is 5.02 Å². The lowest BCUT2D eigenvalue weighted by molar-refractivity contribution is 0.722. The number of anilines is 1. The molecule has 0 aliphatic heterocycles. The normalized spacial score (nSPS) is 14.4. The molecular formula is C16H20ClN3S. The molecule has 112 valence electrons. The fourth-order valence-electron chi connectivity index (χ4n) is 2.39. The van der Waals surface area contributed by atoms with Gasteiger partial charge in [-0.3, -0.25) is 0 Å². The first kappa shape index (κ1) is 14.8. The fraction of sp³-hybridized carbons (Fsp3) is 0.438. The van der Waals surface area contributed by atoms with E-state index in [0.29, 0.717) is 6.04 Å². The third-order valence-corrected chi connectivity index (χ3v) is 4.66. The molecule has 0 atom stereocenters. The standard InChI is InChI=1S/C16H20ClN3S/c1-2-18-8-13-7-15(17)16(19-9-13)20(14-3-4-14)10-12-5-6-21-11-12/h5-7,9,11,14,18H,2-4,8,10H2,1H3. The SMILES string of the molecule is CCNCc1cnc(N(Cc2ccsc2)C2CC2)c(Cl)c1. The number of rotatable bonds is 7. The van der Waals surface area contributed by atoms with Crippen molar-refractivity contribution in [2.75, 3.05) is 11.4 Å². The number of hydrogen-bond donors (Lipinski definition) is 1. The molecule has 1 aliphatic rings. The smallest absolute Gasteiger partial charge is 0.147 e. The molecule has 0 radical (unpaired) electrons. The number of nitrogens with zero attached hydrogens (tertiary/aromatic N) is 2. The van der Waals surface area contributed by atoms with Crippen molar-refractivity contribution in [1.82, 2.24) is 10.3 Å². The van der Waals surface area contributed by atoms with Gasteiger partial charge in [0.05, 0.1) is 5.02 Å². The van der Waals surface area contributed by atoms with Crippen molar-refractivity contribution in [2.24, 2.45) is 0 Å². The zero-order valence-corrected chi connectivity index (χ0v) is 13.8. The summed E-state index contributed by atoms with van der Waals surface area (Å²) in [6.07, 6.45) is 4.41. The summed E-state index contributed by atoms with van der Waals surface area (Å²) in [4.78, 5) is 6.98. The fourth-order valence-corrected chi connectivity index (χ4v) is 3.35. The van der Waals surface area contributed by atoms with Crippen molar-refractivity contribution in [1.29, 1.82) is 0 Å². The van der Waals surface area contributed by atoms with E-state index in [4.69, 9.17) is 11.6 Å². The number of thiophene rings is 1. The van der Waals surface area contributed by atoms with Crippen molar-refractivity contribution in [2.45, 2.75) is 38.9 Å². The van der Waals surface area contributed by atoms with Crippen LogP contribution in [0, 0.1) is 0 Å². The van der Waals surface area contributed by atoms with Crippen molar-refractivity contribution in [3.63, 3.8) is 0 Å². The van der Waals surface area contributed by atoms with E-state index in [-0.39, 0.29) is 0 Å². The van der Waals surface area contributed by atoms with Crippen molar-refractivity contribution < 1.29 is 0 Å². The predicted molar refractivity (Wildman–Crippen MR) is 90.2 cm³/mol. The summed E-state index contributed by atoms with van der Waals surface area (Å²) < 4.78 is 0. The Morgan fingerprint density at radius 1 is 1.43 bits per heavy atom. The number of aromatic nitrogens is 1. The van der Waals surface area contributed by atoms with E-state index in [1.165, 1.54) is 18.4 Å². The van der Waals surface area contributed by atoms with Crippen LogP contribution in [0.1, 0.15) is 30.9 Å². The number of halogens is 1. The van der Waals surface area contributed by atoms with Crippen molar-refractivity contribution in [3.8, 4) is 0 Å². The van der Waals surface area contributed by atoms with Gasteiger partial charge in [-0.05, 0) is 53.4 Å². The minimum atomic E-state index is 0.592. The van der Waals surface area contributed by atoms with E-state index in [1.54, 1.807) is 11.3 Å². The topological polar surface area (TPSA) is 28.2 Å². The Morgan fingerprint density at radius 3 is 2.90 bits per heavy atom. The molecule has 21 heavy (non-hydrogen) atoms. The minimum absolute atomic E-state index is 0.592. The summed E-state index contributed by atoms with van der Waals surface area (Å²) >= 11 is 8.22. The molecule has 3 rings (SSSR count). The maximum atomic E-state index is 6.49. The second-order valence-electron chi connectivity index (χ2n) is 5.42. The van der Waals surface area contributed by atoms with Crippen LogP contribution in [0.4, 0.5) is 5.82 Å². The Kier molecular flexibility index (Phi) is 4.78. The molecule has 0 unspecified atom stereocenters. The molecule has 0 spiro atoms. The highest BCUT2D eigenvalue weighted by Crippen LogP contribution is 2.36. The molecule has 2 aromatic heterocycles. The molecule has 0 bridgehead atoms. The van der Waals surface area contributed by atoms with E-state index in [2.05, 4.69) is 39.0 Å². The Hall–Kier alpha value is -1.10. The molecule has 0 aromatic carbocycles. The molecule has 1 saturated carbocycles. The number of hydrogen-bond acceptors (Lipinski definition) is 4. The van der Waals surface area contributed by atoms with E-state index in [1.807, 2.05) is 12.3 Å². The van der Waals surface area contributed by atoms with E-state index in [0.717, 1.165) is 36.0 Å². The third kappa shape index (κ3) is 3.76. The summed E-state index contributed by atoms with van der Waals surface area (Å²) in [6, 6.07) is 4.80. The molecule has 1 fully saturated rings. The molecule has 2 heterocycles. The highest BCUT2D eigenvalue weighted by Gasteiger charge is 2.31. The average molecular weight is 322 g/mol. The van der Waals surface area contributed by atoms with Crippen LogP contribution in [0.5, 0.6) is 0 Å². The summed E-state index contributed by atoms with van der Waals surface area (Å²) in [5, 5.41) is 8.38. The summed E-state index contributed by atoms with van der Waals surface area (Å²) in [5.41, 5.74) is 2.47. The highest BCUT2D eigenvalue weighted by molar-refractivity contribution is 7.07. The van der Waals surface area contributed by atoms with Gasteiger partial charge in [0.2, 0.25) is 0 Å². The Balaban J connectivity index is 1.79. The van der Waals surface area contributed by atoms with Gasteiger partial charge in [-0.1, -0.05) is 18.5 Å². The maximum absolute atomic E-state index is 6.49. The average Bonchev–Trinajstić information content (AvgIpc) is 3.20. The van der Waals surface area contributed by atoms with Crippen LogP contribution in [0.3, 0.4) is 0 Å². The van der Waals surface area contributed by atoms with Crippen LogP contribution in [-0.4, -0.2) is 17.6 Å². The van der Waals surface area contributed by atoms with Crippen LogP contribution in [0.15, 0.2) is 29.1 Å². The third-order valence-electron chi connectivity index (χ3n) is 3.65. The van der Waals surface area contributed by atoms with Gasteiger partial charge in [-0.2, -0.15) is 11.3 Å². The molecular weight excluding hydrogens is 302 g/mol. The zero-order chi connectivity index (χ0) is 14.7. The second kappa shape index (κ2) is 6.77. The second-order valence-corrected chi connectivity index (χ2v) is 6.61. The maximum Gasteiger partial charge on any atom is 0.147 e. The van der Waals surface area contributed by atoms with Gasteiger partial charge in [-0.15, -0.1) is 0 Å². The quantitative estimate of drug-likeness (QED) is 0.833. The highest BCUT2D eigenvalue weighted by atomic mass is 35.5. The predicted octanol–water partition coefficient (Wildman–Crippen LogP) is 4.08. The lowest BCUT2D eigenvalue weighted by atomic mass is 10.2. The summed E-state index contributed by atoms with van der Waals surface area (Å²) in [7, 11) is 0. The largest absolute Gasteiger partial charge is 0.348 e. The van der Waals surface area contributed by atoms with Crippen molar-refractivity contribution in [3.05, 3.63) is 45.2 Å². The van der Waals surface area contributed by atoms with Gasteiger partial charge < -0.3 is 10.2 Å². The van der Waals surface area contributed by atoms with Gasteiger partial charge in [0.1, 0.15) is 5.82 Å². The molecule has 2 aromatic rings. The Bertz CT molecular complexity index is 581. The summed E-state index contributed by atoms with van der Waals surface area (Å²) in [5.74, 6) is 0.922. The van der Waals surface area contributed by atoms with Crippen LogP contribution >= 0.6 is 22.9 Å². The van der Waals surface area contributed by atoms with Crippen LogP contribution in [0.25, 0.3) is 0 Å². The number of nitrogens with one attached hydrogen (secondary N) is 1. The van der Waals surface area contributed by atoms with Gasteiger partial charge >= 0.3 is 0 Å². The minimum Gasteiger partial charge on any atom is -0.348 e. The lowest BCUT2D eigenvalue weighted by Crippen LogP contribution is -2.26. The molecule has 0 saturated heterocycles. The van der Waals surface area contributed by atoms with E-state index < -0.39 is 0 Å². The zero-order valence-electron chi connectivity index (χ0n) is 12.2. The molecule has 1 aliphatic carbocycles. The van der Waals surface area contributed by atoms with Gasteiger partial charge in [-0.25, -0.2) is 4.98 Å². The van der Waals surface area contributed by atoms with Crippen molar-refractivity contribution >= 4 is 28.8 Å². The lowest BCUT2D eigenvalue weighted by Gasteiger charge is -2.24. The first-order valence-corrected chi connectivity index (χ1v) is 8.73. The summed E-state index contributed by atoms with van der Waals surface area (Å²) in [6.45, 7) is 4.76. The van der Waals surface area contributed by atoms with E-state index in [9.17, 15) is 0 Å². The Labute approximate surface area is 135 Å². The van der Waals surface area contributed by atoms with Gasteiger partial charge in [0, 0.05) is 25.3 Å². The first-order valence-electron chi connectivity index (χ1n) is 7.40. The first-order chi connectivity index (χ1) is 10.3. The van der Waals surface area contributed by atoms with Gasteiger partial charge in [0.25, 0.3) is 0 Å². The Morgan fingerprint density at radius 2 is 2.29 bits per heavy atom. The molecule has 1 N–H and O–H groups in total. The van der Waals surface area contributed by atoms with E-state index >= 15 is 0 Å². The monoisotopic (exact) mass is 321 g/mol. The van der Waals surface area contributed by atoms with Crippen LogP contribution in [-0.2, 0) is 13.1 Å². The van der Waals surface area contributed by atoms with Gasteiger partial charge in [0.15, 0.2) is 0 Å². The van der Waals surface area contributed by atoms with Crippen LogP contribution < -0.4 is 10.2 Å². The molecule has 5 heteroatoms. The number of pyridine rings is 1. The molecule has 0 amide bonds.